The lowest BCUT2D eigenvalue weighted by Crippen LogP contribution is -2.12. The Kier molecular flexibility index (Phi) is 3.87. The lowest BCUT2D eigenvalue weighted by molar-refractivity contribution is 0.102. The molecule has 0 aliphatic heterocycles. The first-order chi connectivity index (χ1) is 9.01. The number of hydrogen-bond acceptors (Lipinski definition) is 3. The predicted octanol–water partition coefficient (Wildman–Crippen LogP) is 3.16. The van der Waals surface area contributed by atoms with Crippen LogP contribution in [0, 0.1) is 0 Å². The van der Waals surface area contributed by atoms with Gasteiger partial charge in [-0.1, -0.05) is 23.2 Å². The van der Waals surface area contributed by atoms with E-state index in [2.05, 4.69) is 10.3 Å². The van der Waals surface area contributed by atoms with E-state index in [1.54, 1.807) is 18.2 Å². The minimum atomic E-state index is -0.363. The van der Waals surface area contributed by atoms with Gasteiger partial charge in [0.1, 0.15) is 16.6 Å². The summed E-state index contributed by atoms with van der Waals surface area (Å²) in [6, 6.07) is 6.40. The zero-order valence-electron chi connectivity index (χ0n) is 9.96. The van der Waals surface area contributed by atoms with Crippen LogP contribution in [-0.4, -0.2) is 18.0 Å². The van der Waals surface area contributed by atoms with Gasteiger partial charge in [-0.2, -0.15) is 0 Å². The van der Waals surface area contributed by atoms with E-state index in [9.17, 15) is 4.79 Å². The van der Waals surface area contributed by atoms with Crippen LogP contribution in [-0.2, 0) is 0 Å². The number of halogens is 2. The highest BCUT2D eigenvalue weighted by Gasteiger charge is 2.12. The van der Waals surface area contributed by atoms with E-state index >= 15 is 0 Å². The first-order valence-electron chi connectivity index (χ1n) is 5.30. The molecule has 0 saturated carbocycles. The van der Waals surface area contributed by atoms with Crippen molar-refractivity contribution in [2.45, 2.75) is 0 Å². The molecule has 0 atom stereocenters. The molecule has 0 radical (unpaired) electrons. The Hall–Kier alpha value is -1.85. The van der Waals surface area contributed by atoms with Crippen LogP contribution in [0.5, 0.6) is 5.75 Å². The fourth-order valence-electron chi connectivity index (χ4n) is 1.54. The second-order valence-electron chi connectivity index (χ2n) is 3.76. The molecule has 0 unspecified atom stereocenters. The number of carbonyl (C=O) groups is 1. The van der Waals surface area contributed by atoms with E-state index in [1.807, 2.05) is 0 Å². The lowest BCUT2D eigenvalue weighted by Gasteiger charge is -2.08. The average molecular weight is 300 g/mol. The summed E-state index contributed by atoms with van der Waals surface area (Å²) in [5.41, 5.74) is 7.00. The Bertz CT molecular complexity index is 606. The minimum absolute atomic E-state index is 0.223. The van der Waals surface area contributed by atoms with Gasteiger partial charge in [0.15, 0.2) is 0 Å². The lowest BCUT2D eigenvalue weighted by atomic mass is 10.2. The van der Waals surface area contributed by atoms with Crippen molar-refractivity contribution in [2.24, 2.45) is 0 Å². The van der Waals surface area contributed by atoms with Crippen molar-refractivity contribution in [1.29, 1.82) is 0 Å². The smallest absolute Gasteiger partial charge is 0.272 e. The van der Waals surface area contributed by atoms with E-state index in [0.717, 1.165) is 0 Å². The first kappa shape index (κ1) is 13.6. The molecule has 2 aromatic rings. The third-order valence-corrected chi connectivity index (χ3v) is 3.15. The number of ether oxygens (including phenoxy) is 1. The average Bonchev–Trinajstić information content (AvgIpc) is 2.70. The van der Waals surface area contributed by atoms with Gasteiger partial charge >= 0.3 is 0 Å². The standard InChI is InChI=1S/C12H11Cl2N3O2/c1-19-10-3-2-6(4-8(10)15)16-12(18)9-5-7(13)11(14)17-9/h2-5,17H,15H2,1H3,(H,16,18). The number of anilines is 2. The summed E-state index contributed by atoms with van der Waals surface area (Å²) in [6.45, 7) is 0. The maximum Gasteiger partial charge on any atom is 0.272 e. The number of aromatic amines is 1. The molecule has 19 heavy (non-hydrogen) atoms. The number of nitrogens with one attached hydrogen (secondary N) is 2. The van der Waals surface area contributed by atoms with Crippen molar-refractivity contribution in [1.82, 2.24) is 4.98 Å². The number of hydrogen-bond donors (Lipinski definition) is 3. The summed E-state index contributed by atoms with van der Waals surface area (Å²) in [5.74, 6) is 0.183. The van der Waals surface area contributed by atoms with E-state index in [4.69, 9.17) is 33.7 Å². The van der Waals surface area contributed by atoms with Crippen LogP contribution in [0.4, 0.5) is 11.4 Å². The Morgan fingerprint density at radius 2 is 2.11 bits per heavy atom. The maximum absolute atomic E-state index is 11.9. The Morgan fingerprint density at radius 3 is 2.63 bits per heavy atom. The number of aromatic nitrogens is 1. The van der Waals surface area contributed by atoms with Gasteiger partial charge in [0.05, 0.1) is 17.8 Å². The quantitative estimate of drug-likeness (QED) is 0.762. The van der Waals surface area contributed by atoms with Gasteiger partial charge in [-0.15, -0.1) is 0 Å². The van der Waals surface area contributed by atoms with Crippen LogP contribution in [0.15, 0.2) is 24.3 Å². The number of rotatable bonds is 3. The molecule has 7 heteroatoms. The van der Waals surface area contributed by atoms with Gasteiger partial charge in [-0.3, -0.25) is 4.79 Å². The van der Waals surface area contributed by atoms with Crippen LogP contribution in [0.3, 0.4) is 0 Å². The minimum Gasteiger partial charge on any atom is -0.495 e. The topological polar surface area (TPSA) is 80.1 Å². The highest BCUT2D eigenvalue weighted by molar-refractivity contribution is 6.41. The molecule has 100 valence electrons. The van der Waals surface area contributed by atoms with Crippen molar-refractivity contribution in [3.63, 3.8) is 0 Å². The number of H-pyrrole nitrogens is 1. The second-order valence-corrected chi connectivity index (χ2v) is 4.54. The van der Waals surface area contributed by atoms with Crippen molar-refractivity contribution >= 4 is 40.5 Å². The number of benzene rings is 1. The van der Waals surface area contributed by atoms with Crippen LogP contribution >= 0.6 is 23.2 Å². The normalized spacial score (nSPS) is 10.3. The molecule has 1 aromatic heterocycles. The number of carbonyl (C=O) groups excluding carboxylic acids is 1. The van der Waals surface area contributed by atoms with Crippen molar-refractivity contribution in [3.05, 3.63) is 40.1 Å². The summed E-state index contributed by atoms with van der Waals surface area (Å²) in [5, 5.41) is 3.18. The molecule has 0 aliphatic rings. The third-order valence-electron chi connectivity index (χ3n) is 2.46. The molecule has 0 bridgehead atoms. The number of methoxy groups -OCH3 is 1. The Balaban J connectivity index is 2.17. The molecule has 0 spiro atoms. The molecular weight excluding hydrogens is 289 g/mol. The molecule has 2 rings (SSSR count). The van der Waals surface area contributed by atoms with E-state index < -0.39 is 0 Å². The second kappa shape index (κ2) is 5.42. The fourth-order valence-corrected chi connectivity index (χ4v) is 1.85. The highest BCUT2D eigenvalue weighted by Crippen LogP contribution is 2.26. The van der Waals surface area contributed by atoms with Crippen LogP contribution in [0.25, 0.3) is 0 Å². The molecule has 0 saturated heterocycles. The molecule has 0 aliphatic carbocycles. The van der Waals surface area contributed by atoms with E-state index in [1.165, 1.54) is 13.2 Å². The van der Waals surface area contributed by atoms with E-state index in [0.29, 0.717) is 22.1 Å². The third kappa shape index (κ3) is 2.94. The predicted molar refractivity (Wildman–Crippen MR) is 76.2 cm³/mol. The zero-order valence-corrected chi connectivity index (χ0v) is 11.5. The van der Waals surface area contributed by atoms with Gasteiger partial charge in [0.25, 0.3) is 5.91 Å². The summed E-state index contributed by atoms with van der Waals surface area (Å²) >= 11 is 11.5. The van der Waals surface area contributed by atoms with Crippen LogP contribution < -0.4 is 15.8 Å². The van der Waals surface area contributed by atoms with Crippen LogP contribution in [0.2, 0.25) is 10.2 Å². The summed E-state index contributed by atoms with van der Waals surface area (Å²) in [4.78, 5) is 14.6. The number of nitrogen functional groups attached to an aromatic ring is 1. The molecular formula is C12H11Cl2N3O2. The van der Waals surface area contributed by atoms with Crippen LogP contribution in [0.1, 0.15) is 10.5 Å². The largest absolute Gasteiger partial charge is 0.495 e. The number of amides is 1. The monoisotopic (exact) mass is 299 g/mol. The zero-order chi connectivity index (χ0) is 14.0. The fraction of sp³-hybridized carbons (Fsp3) is 0.0833. The molecule has 0 fully saturated rings. The van der Waals surface area contributed by atoms with Gasteiger partial charge in [0, 0.05) is 5.69 Å². The van der Waals surface area contributed by atoms with Gasteiger partial charge < -0.3 is 20.8 Å². The molecule has 1 aromatic carbocycles. The first-order valence-corrected chi connectivity index (χ1v) is 6.05. The van der Waals surface area contributed by atoms with Gasteiger partial charge in [-0.05, 0) is 24.3 Å². The van der Waals surface area contributed by atoms with Crippen molar-refractivity contribution in [2.75, 3.05) is 18.2 Å². The Labute approximate surface area is 119 Å². The summed E-state index contributed by atoms with van der Waals surface area (Å²) < 4.78 is 5.03. The molecule has 1 heterocycles. The SMILES string of the molecule is COc1ccc(NC(=O)c2cc(Cl)c(Cl)[nH]2)cc1N. The molecule has 5 nitrogen and oxygen atoms in total. The molecule has 4 N–H and O–H groups in total. The van der Waals surface area contributed by atoms with Crippen molar-refractivity contribution in [3.8, 4) is 5.75 Å². The Morgan fingerprint density at radius 1 is 1.37 bits per heavy atom. The number of nitrogens with two attached hydrogens (primary N) is 1. The summed E-state index contributed by atoms with van der Waals surface area (Å²) in [6.07, 6.45) is 0. The van der Waals surface area contributed by atoms with Crippen molar-refractivity contribution < 1.29 is 9.53 Å². The highest BCUT2D eigenvalue weighted by atomic mass is 35.5. The molecule has 1 amide bonds. The van der Waals surface area contributed by atoms with Gasteiger partial charge in [-0.25, -0.2) is 0 Å². The summed E-state index contributed by atoms with van der Waals surface area (Å²) in [7, 11) is 1.52. The maximum atomic E-state index is 11.9. The van der Waals surface area contributed by atoms with Gasteiger partial charge in [0.2, 0.25) is 0 Å². The van der Waals surface area contributed by atoms with E-state index in [-0.39, 0.29) is 16.8 Å².